The number of rotatable bonds is 12. The molecule has 0 spiro atoms. The van der Waals surface area contributed by atoms with Gasteiger partial charge in [0.1, 0.15) is 11.6 Å². The van der Waals surface area contributed by atoms with Crippen molar-refractivity contribution in [3.63, 3.8) is 0 Å². The molecule has 0 unspecified atom stereocenters. The number of benzene rings is 3. The lowest BCUT2D eigenvalue weighted by atomic mass is 10.1. The molecule has 0 aliphatic carbocycles. The van der Waals surface area contributed by atoms with Crippen LogP contribution in [0.5, 0.6) is 5.75 Å². The predicted octanol–water partition coefficient (Wildman–Crippen LogP) is 5.80. The molecule has 0 bridgehead atoms. The van der Waals surface area contributed by atoms with E-state index in [0.29, 0.717) is 19.6 Å². The Kier molecular flexibility index (Phi) is 8.55. The van der Waals surface area contributed by atoms with Gasteiger partial charge in [-0.25, -0.2) is 4.98 Å². The minimum Gasteiger partial charge on any atom is -0.494 e. The van der Waals surface area contributed by atoms with Crippen molar-refractivity contribution in [1.82, 2.24) is 14.9 Å². The van der Waals surface area contributed by atoms with E-state index in [1.54, 1.807) is 0 Å². The number of nitrogens with one attached hydrogen (secondary N) is 1. The van der Waals surface area contributed by atoms with E-state index in [1.165, 1.54) is 16.7 Å². The number of aromatic nitrogens is 2. The Morgan fingerprint density at radius 3 is 2.54 bits per heavy atom. The summed E-state index contributed by atoms with van der Waals surface area (Å²) in [5, 5.41) is 3.06. The lowest BCUT2D eigenvalue weighted by Gasteiger charge is -2.11. The maximum Gasteiger partial charge on any atom is 0.220 e. The number of nitrogens with zero attached hydrogens (tertiary/aromatic N) is 2. The maximum absolute atomic E-state index is 12.2. The Morgan fingerprint density at radius 1 is 0.914 bits per heavy atom. The molecule has 0 atom stereocenters. The second kappa shape index (κ2) is 12.2. The van der Waals surface area contributed by atoms with Crippen molar-refractivity contribution in [2.24, 2.45) is 0 Å². The zero-order chi connectivity index (χ0) is 24.5. The summed E-state index contributed by atoms with van der Waals surface area (Å²) in [4.78, 5) is 17.1. The molecule has 4 rings (SSSR count). The molecule has 5 heteroatoms. The van der Waals surface area contributed by atoms with Crippen LogP contribution in [0, 0.1) is 13.8 Å². The first-order chi connectivity index (χ1) is 17.1. The van der Waals surface area contributed by atoms with E-state index < -0.39 is 0 Å². The zero-order valence-electron chi connectivity index (χ0n) is 20.8. The Bertz CT molecular complexity index is 1250. The average Bonchev–Trinajstić information content (AvgIpc) is 3.23. The van der Waals surface area contributed by atoms with Crippen molar-refractivity contribution >= 4 is 16.9 Å². The fourth-order valence-electron chi connectivity index (χ4n) is 4.25. The molecule has 1 N–H and O–H groups in total. The summed E-state index contributed by atoms with van der Waals surface area (Å²) >= 11 is 0. The highest BCUT2D eigenvalue weighted by Crippen LogP contribution is 2.19. The number of imidazole rings is 1. The molecule has 0 saturated heterocycles. The van der Waals surface area contributed by atoms with Crippen LogP contribution in [0.3, 0.4) is 0 Å². The van der Waals surface area contributed by atoms with Gasteiger partial charge in [0.25, 0.3) is 0 Å². The van der Waals surface area contributed by atoms with Gasteiger partial charge < -0.3 is 14.6 Å². The van der Waals surface area contributed by atoms with Gasteiger partial charge in [-0.3, -0.25) is 4.79 Å². The molecule has 1 heterocycles. The van der Waals surface area contributed by atoms with Gasteiger partial charge in [0, 0.05) is 25.9 Å². The molecule has 35 heavy (non-hydrogen) atoms. The van der Waals surface area contributed by atoms with Crippen molar-refractivity contribution in [2.45, 2.75) is 52.5 Å². The smallest absolute Gasteiger partial charge is 0.220 e. The monoisotopic (exact) mass is 469 g/mol. The van der Waals surface area contributed by atoms with Gasteiger partial charge in [-0.1, -0.05) is 48.5 Å². The Hall–Kier alpha value is -3.60. The lowest BCUT2D eigenvalue weighted by molar-refractivity contribution is -0.121. The van der Waals surface area contributed by atoms with Crippen LogP contribution in [0.1, 0.15) is 41.8 Å². The highest BCUT2D eigenvalue weighted by atomic mass is 16.5. The minimum absolute atomic E-state index is 0.103. The van der Waals surface area contributed by atoms with Crippen molar-refractivity contribution in [2.75, 3.05) is 13.2 Å². The van der Waals surface area contributed by atoms with E-state index in [9.17, 15) is 4.79 Å². The van der Waals surface area contributed by atoms with Gasteiger partial charge in [0.05, 0.1) is 17.6 Å². The zero-order valence-corrected chi connectivity index (χ0v) is 20.8. The molecular weight excluding hydrogens is 434 g/mol. The molecular formula is C30H35N3O2. The number of carbonyl (C=O) groups excluding carboxylic acids is 1. The highest BCUT2D eigenvalue weighted by Gasteiger charge is 2.11. The van der Waals surface area contributed by atoms with Crippen LogP contribution in [-0.2, 0) is 24.2 Å². The summed E-state index contributed by atoms with van der Waals surface area (Å²) in [5.74, 6) is 2.09. The molecule has 0 fully saturated rings. The Balaban J connectivity index is 1.26. The second-order valence-electron chi connectivity index (χ2n) is 9.06. The number of hydrogen-bond acceptors (Lipinski definition) is 3. The molecule has 3 aromatic carbocycles. The first kappa shape index (κ1) is 24.5. The van der Waals surface area contributed by atoms with Gasteiger partial charge >= 0.3 is 0 Å². The number of carbonyl (C=O) groups is 1. The number of aryl methyl sites for hydroxylation is 5. The van der Waals surface area contributed by atoms with E-state index in [1.807, 2.05) is 30.3 Å². The molecule has 4 aromatic rings. The minimum atomic E-state index is 0.103. The summed E-state index contributed by atoms with van der Waals surface area (Å²) in [6, 6.07) is 24.6. The van der Waals surface area contributed by atoms with Gasteiger partial charge in [-0.05, 0) is 74.1 Å². The van der Waals surface area contributed by atoms with E-state index in [-0.39, 0.29) is 5.91 Å². The van der Waals surface area contributed by atoms with Crippen LogP contribution < -0.4 is 10.1 Å². The predicted molar refractivity (Wildman–Crippen MR) is 142 cm³/mol. The van der Waals surface area contributed by atoms with E-state index in [0.717, 1.165) is 54.8 Å². The van der Waals surface area contributed by atoms with E-state index in [4.69, 9.17) is 9.72 Å². The third kappa shape index (κ3) is 6.95. The summed E-state index contributed by atoms with van der Waals surface area (Å²) in [6.07, 6.45) is 3.87. The number of hydrogen-bond donors (Lipinski definition) is 1. The molecule has 182 valence electrons. The first-order valence-electron chi connectivity index (χ1n) is 12.5. The van der Waals surface area contributed by atoms with Crippen LogP contribution in [0.4, 0.5) is 0 Å². The van der Waals surface area contributed by atoms with Gasteiger partial charge in [0.15, 0.2) is 0 Å². The first-order valence-corrected chi connectivity index (χ1v) is 12.5. The summed E-state index contributed by atoms with van der Waals surface area (Å²) in [5.41, 5.74) is 5.89. The number of amides is 1. The van der Waals surface area contributed by atoms with Gasteiger partial charge in [-0.15, -0.1) is 0 Å². The van der Waals surface area contributed by atoms with Crippen LogP contribution in [0.15, 0.2) is 72.8 Å². The molecule has 0 aliphatic rings. The van der Waals surface area contributed by atoms with Crippen molar-refractivity contribution in [1.29, 1.82) is 0 Å². The van der Waals surface area contributed by atoms with Crippen LogP contribution in [0.2, 0.25) is 0 Å². The summed E-state index contributed by atoms with van der Waals surface area (Å²) in [7, 11) is 0. The SMILES string of the molecule is Cc1ccc(OCCCn2c(CCCNC(=O)CCc3ccccc3)nc3ccccc32)cc1C. The van der Waals surface area contributed by atoms with E-state index in [2.05, 4.69) is 66.2 Å². The lowest BCUT2D eigenvalue weighted by Crippen LogP contribution is -2.25. The third-order valence-corrected chi connectivity index (χ3v) is 6.39. The largest absolute Gasteiger partial charge is 0.494 e. The fourth-order valence-corrected chi connectivity index (χ4v) is 4.25. The van der Waals surface area contributed by atoms with E-state index >= 15 is 0 Å². The quantitative estimate of drug-likeness (QED) is 0.267. The molecule has 0 aliphatic heterocycles. The average molecular weight is 470 g/mol. The molecule has 0 radical (unpaired) electrons. The highest BCUT2D eigenvalue weighted by molar-refractivity contribution is 5.76. The number of ether oxygens (including phenoxy) is 1. The molecule has 1 amide bonds. The number of para-hydroxylation sites is 2. The van der Waals surface area contributed by atoms with Crippen molar-refractivity contribution < 1.29 is 9.53 Å². The fraction of sp³-hybridized carbons (Fsp3) is 0.333. The third-order valence-electron chi connectivity index (χ3n) is 6.39. The standard InChI is InChI=1S/C30H35N3O2/c1-23-15-17-26(22-24(23)2)35-21-9-20-33-28-13-7-6-12-27(28)32-29(33)14-8-19-31-30(34)18-16-25-10-4-3-5-11-25/h3-7,10-13,15,17,22H,8-9,14,16,18-21H2,1-2H3,(H,31,34). The normalized spacial score (nSPS) is 11.0. The van der Waals surface area contributed by atoms with Gasteiger partial charge in [-0.2, -0.15) is 0 Å². The second-order valence-corrected chi connectivity index (χ2v) is 9.06. The van der Waals surface area contributed by atoms with Crippen LogP contribution in [0.25, 0.3) is 11.0 Å². The molecule has 1 aromatic heterocycles. The van der Waals surface area contributed by atoms with Crippen LogP contribution >= 0.6 is 0 Å². The topological polar surface area (TPSA) is 56.1 Å². The number of fused-ring (bicyclic) bond motifs is 1. The van der Waals surface area contributed by atoms with Crippen molar-refractivity contribution in [3.8, 4) is 5.75 Å². The molecule has 0 saturated carbocycles. The summed E-state index contributed by atoms with van der Waals surface area (Å²) < 4.78 is 8.29. The summed E-state index contributed by atoms with van der Waals surface area (Å²) in [6.45, 7) is 6.39. The maximum atomic E-state index is 12.2. The van der Waals surface area contributed by atoms with Gasteiger partial charge in [0.2, 0.25) is 5.91 Å². The van der Waals surface area contributed by atoms with Crippen molar-refractivity contribution in [3.05, 3.63) is 95.3 Å². The Labute approximate surface area is 208 Å². The molecule has 5 nitrogen and oxygen atoms in total. The van der Waals surface area contributed by atoms with Crippen LogP contribution in [-0.4, -0.2) is 28.6 Å². The Morgan fingerprint density at radius 2 is 1.71 bits per heavy atom.